The van der Waals surface area contributed by atoms with Crippen molar-refractivity contribution in [2.75, 3.05) is 13.1 Å². The molecule has 1 fully saturated rings. The maximum atomic E-state index is 13.8. The molecule has 1 aromatic rings. The number of aliphatic carboxylic acids is 1. The molecule has 0 aromatic carbocycles. The van der Waals surface area contributed by atoms with E-state index in [0.717, 1.165) is 5.69 Å². The van der Waals surface area contributed by atoms with Gasteiger partial charge in [-0.1, -0.05) is 6.92 Å². The quantitative estimate of drug-likeness (QED) is 0.828. The lowest BCUT2D eigenvalue weighted by Crippen LogP contribution is -2.39. The predicted octanol–water partition coefficient (Wildman–Crippen LogP) is 0.611. The molecule has 1 aromatic heterocycles. The molecule has 1 saturated heterocycles. The standard InChI is InChI=1S/C11H14FN3O3/c1-2-7-5-8(14-13-7)9(16)15-4-3-11(12,6-15)10(17)18/h5H,2-4,6H2,1H3,(H,13,14)(H,17,18). The van der Waals surface area contributed by atoms with E-state index >= 15 is 0 Å². The highest BCUT2D eigenvalue weighted by Gasteiger charge is 2.47. The van der Waals surface area contributed by atoms with E-state index in [9.17, 15) is 14.0 Å². The van der Waals surface area contributed by atoms with E-state index in [0.29, 0.717) is 6.42 Å². The number of hydrogen-bond acceptors (Lipinski definition) is 3. The number of nitrogens with one attached hydrogen (secondary N) is 1. The molecule has 98 valence electrons. The summed E-state index contributed by atoms with van der Waals surface area (Å²) >= 11 is 0. The second-order valence-electron chi connectivity index (χ2n) is 4.38. The zero-order valence-electron chi connectivity index (χ0n) is 9.94. The number of rotatable bonds is 3. The van der Waals surface area contributed by atoms with Gasteiger partial charge in [0, 0.05) is 18.7 Å². The third kappa shape index (κ3) is 2.07. The Bertz CT molecular complexity index is 488. The van der Waals surface area contributed by atoms with E-state index in [1.54, 1.807) is 6.07 Å². The summed E-state index contributed by atoms with van der Waals surface area (Å²) in [5.41, 5.74) is -1.33. The summed E-state index contributed by atoms with van der Waals surface area (Å²) in [5, 5.41) is 15.3. The highest BCUT2D eigenvalue weighted by Crippen LogP contribution is 2.26. The smallest absolute Gasteiger partial charge is 0.343 e. The van der Waals surface area contributed by atoms with Crippen molar-refractivity contribution in [3.63, 3.8) is 0 Å². The molecule has 0 bridgehead atoms. The van der Waals surface area contributed by atoms with Gasteiger partial charge in [-0.15, -0.1) is 0 Å². The summed E-state index contributed by atoms with van der Waals surface area (Å²) in [7, 11) is 0. The Hall–Kier alpha value is -1.92. The number of carbonyl (C=O) groups is 2. The molecule has 1 amide bonds. The van der Waals surface area contributed by atoms with E-state index < -0.39 is 24.1 Å². The zero-order valence-corrected chi connectivity index (χ0v) is 9.94. The Morgan fingerprint density at radius 3 is 2.89 bits per heavy atom. The van der Waals surface area contributed by atoms with Gasteiger partial charge >= 0.3 is 5.97 Å². The van der Waals surface area contributed by atoms with E-state index in [1.807, 2.05) is 6.92 Å². The SMILES string of the molecule is CCc1cc(C(=O)N2CCC(F)(C(=O)O)C2)n[nH]1. The van der Waals surface area contributed by atoms with Crippen molar-refractivity contribution < 1.29 is 19.1 Å². The summed E-state index contributed by atoms with van der Waals surface area (Å²) < 4.78 is 13.8. The fraction of sp³-hybridized carbons (Fsp3) is 0.545. The number of amides is 1. The van der Waals surface area contributed by atoms with Crippen LogP contribution in [0.15, 0.2) is 6.07 Å². The van der Waals surface area contributed by atoms with Crippen LogP contribution in [0, 0.1) is 0 Å². The van der Waals surface area contributed by atoms with E-state index in [-0.39, 0.29) is 18.7 Å². The average molecular weight is 255 g/mol. The Morgan fingerprint density at radius 2 is 2.39 bits per heavy atom. The Labute approximate surface area is 103 Å². The second-order valence-corrected chi connectivity index (χ2v) is 4.38. The van der Waals surface area contributed by atoms with Gasteiger partial charge in [0.2, 0.25) is 5.67 Å². The van der Waals surface area contributed by atoms with Crippen molar-refractivity contribution in [2.24, 2.45) is 0 Å². The number of carboxylic acid groups (broad SMARTS) is 1. The van der Waals surface area contributed by atoms with Crippen molar-refractivity contribution in [3.05, 3.63) is 17.5 Å². The van der Waals surface area contributed by atoms with Crippen molar-refractivity contribution in [2.45, 2.75) is 25.4 Å². The maximum Gasteiger partial charge on any atom is 0.343 e. The van der Waals surface area contributed by atoms with Crippen LogP contribution in [0.4, 0.5) is 4.39 Å². The number of aryl methyl sites for hydroxylation is 1. The van der Waals surface area contributed by atoms with Gasteiger partial charge in [-0.3, -0.25) is 9.89 Å². The van der Waals surface area contributed by atoms with Crippen LogP contribution in [-0.4, -0.2) is 50.8 Å². The van der Waals surface area contributed by atoms with Crippen LogP contribution < -0.4 is 0 Å². The fourth-order valence-corrected chi connectivity index (χ4v) is 1.94. The van der Waals surface area contributed by atoms with Crippen molar-refractivity contribution in [1.82, 2.24) is 15.1 Å². The minimum atomic E-state index is -2.33. The molecule has 0 radical (unpaired) electrons. The summed E-state index contributed by atoms with van der Waals surface area (Å²) in [4.78, 5) is 23.9. The highest BCUT2D eigenvalue weighted by atomic mass is 19.1. The van der Waals surface area contributed by atoms with Gasteiger partial charge in [0.25, 0.3) is 5.91 Å². The van der Waals surface area contributed by atoms with Gasteiger partial charge in [-0.2, -0.15) is 5.10 Å². The molecule has 1 aliphatic rings. The average Bonchev–Trinajstić information content (AvgIpc) is 2.95. The lowest BCUT2D eigenvalue weighted by atomic mass is 10.1. The number of H-pyrrole nitrogens is 1. The molecule has 2 heterocycles. The molecule has 18 heavy (non-hydrogen) atoms. The Kier molecular flexibility index (Phi) is 3.06. The normalized spacial score (nSPS) is 23.3. The number of halogens is 1. The monoisotopic (exact) mass is 255 g/mol. The molecule has 0 spiro atoms. The number of carboxylic acids is 1. The first-order valence-electron chi connectivity index (χ1n) is 5.72. The largest absolute Gasteiger partial charge is 0.479 e. The van der Waals surface area contributed by atoms with Crippen LogP contribution in [0.3, 0.4) is 0 Å². The van der Waals surface area contributed by atoms with Gasteiger partial charge in [0.05, 0.1) is 6.54 Å². The van der Waals surface area contributed by atoms with Crippen LogP contribution >= 0.6 is 0 Å². The van der Waals surface area contributed by atoms with Gasteiger partial charge in [0.1, 0.15) is 5.69 Å². The minimum Gasteiger partial charge on any atom is -0.479 e. The van der Waals surface area contributed by atoms with Crippen LogP contribution in [0.1, 0.15) is 29.5 Å². The topological polar surface area (TPSA) is 86.3 Å². The van der Waals surface area contributed by atoms with Crippen LogP contribution in [0.5, 0.6) is 0 Å². The van der Waals surface area contributed by atoms with E-state index in [2.05, 4.69) is 10.2 Å². The van der Waals surface area contributed by atoms with Gasteiger partial charge in [-0.05, 0) is 12.5 Å². The van der Waals surface area contributed by atoms with E-state index in [1.165, 1.54) is 4.90 Å². The first-order chi connectivity index (χ1) is 8.46. The molecule has 0 saturated carbocycles. The number of likely N-dealkylation sites (tertiary alicyclic amines) is 1. The number of hydrogen-bond donors (Lipinski definition) is 2. The zero-order chi connectivity index (χ0) is 13.3. The number of aromatic amines is 1. The molecular formula is C11H14FN3O3. The summed E-state index contributed by atoms with van der Waals surface area (Å²) in [6.07, 6.45) is 0.529. The predicted molar refractivity (Wildman–Crippen MR) is 60.0 cm³/mol. The van der Waals surface area contributed by atoms with Crippen molar-refractivity contribution in [3.8, 4) is 0 Å². The Morgan fingerprint density at radius 1 is 1.67 bits per heavy atom. The number of alkyl halides is 1. The lowest BCUT2D eigenvalue weighted by Gasteiger charge is -2.16. The summed E-state index contributed by atoms with van der Waals surface area (Å²) in [6, 6.07) is 1.60. The molecule has 0 aliphatic carbocycles. The summed E-state index contributed by atoms with van der Waals surface area (Å²) in [6.45, 7) is 1.58. The third-order valence-electron chi connectivity index (χ3n) is 3.12. The van der Waals surface area contributed by atoms with Gasteiger partial charge in [0.15, 0.2) is 0 Å². The fourth-order valence-electron chi connectivity index (χ4n) is 1.94. The van der Waals surface area contributed by atoms with Crippen LogP contribution in [0.2, 0.25) is 0 Å². The molecule has 6 nitrogen and oxygen atoms in total. The number of carbonyl (C=O) groups excluding carboxylic acids is 1. The maximum absolute atomic E-state index is 13.8. The molecule has 2 N–H and O–H groups in total. The highest BCUT2D eigenvalue weighted by molar-refractivity contribution is 5.93. The second kappa shape index (κ2) is 4.40. The first kappa shape index (κ1) is 12.5. The number of aromatic nitrogens is 2. The molecule has 2 rings (SSSR count). The molecule has 7 heteroatoms. The van der Waals surface area contributed by atoms with Crippen LogP contribution in [-0.2, 0) is 11.2 Å². The van der Waals surface area contributed by atoms with Crippen molar-refractivity contribution in [1.29, 1.82) is 0 Å². The molecular weight excluding hydrogens is 241 g/mol. The Balaban J connectivity index is 2.10. The first-order valence-corrected chi connectivity index (χ1v) is 5.72. The van der Waals surface area contributed by atoms with Crippen LogP contribution in [0.25, 0.3) is 0 Å². The van der Waals surface area contributed by atoms with Crippen molar-refractivity contribution >= 4 is 11.9 Å². The summed E-state index contributed by atoms with van der Waals surface area (Å²) in [5.74, 6) is -1.96. The minimum absolute atomic E-state index is 0.0932. The third-order valence-corrected chi connectivity index (χ3v) is 3.12. The van der Waals surface area contributed by atoms with Gasteiger partial charge < -0.3 is 10.0 Å². The molecule has 1 aliphatic heterocycles. The number of nitrogens with zero attached hydrogens (tertiary/aromatic N) is 2. The van der Waals surface area contributed by atoms with Gasteiger partial charge in [-0.25, -0.2) is 9.18 Å². The molecule has 1 unspecified atom stereocenters. The molecule has 1 atom stereocenters. The van der Waals surface area contributed by atoms with E-state index in [4.69, 9.17) is 5.11 Å². The lowest BCUT2D eigenvalue weighted by molar-refractivity contribution is -0.149.